The van der Waals surface area contributed by atoms with E-state index in [0.717, 1.165) is 12.6 Å². The fourth-order valence-electron chi connectivity index (χ4n) is 4.65. The van der Waals surface area contributed by atoms with Gasteiger partial charge in [-0.05, 0) is 38.5 Å². The van der Waals surface area contributed by atoms with Crippen LogP contribution >= 0.6 is 0 Å². The zero-order chi connectivity index (χ0) is 14.5. The second-order valence-corrected chi connectivity index (χ2v) is 7.58. The minimum Gasteiger partial charge on any atom is -0.377 e. The molecule has 2 saturated heterocycles. The Balaban J connectivity index is 1.62. The monoisotopic (exact) mass is 294 g/mol. The van der Waals surface area contributed by atoms with Crippen LogP contribution in [0, 0.1) is 0 Å². The minimum absolute atomic E-state index is 0.428. The van der Waals surface area contributed by atoms with Crippen molar-refractivity contribution in [3.05, 3.63) is 0 Å². The average Bonchev–Trinajstić information content (AvgIpc) is 2.52. The summed E-state index contributed by atoms with van der Waals surface area (Å²) in [5.41, 5.74) is 0.428. The Hall–Kier alpha value is -0.120. The molecule has 3 aliphatic rings. The van der Waals surface area contributed by atoms with E-state index >= 15 is 0 Å². The fourth-order valence-corrected chi connectivity index (χ4v) is 4.65. The van der Waals surface area contributed by atoms with Gasteiger partial charge < -0.3 is 10.1 Å². The molecule has 1 N–H and O–H groups in total. The topological polar surface area (TPSA) is 24.5 Å². The summed E-state index contributed by atoms with van der Waals surface area (Å²) in [5, 5.41) is 3.95. The molecule has 1 spiro atoms. The van der Waals surface area contributed by atoms with Gasteiger partial charge in [0.2, 0.25) is 0 Å². The minimum atomic E-state index is 0.428. The SMILES string of the molecule is CCCC1CNC2(CCCCC2)CN1CC1CCCCO1. The molecule has 0 radical (unpaired) electrons. The summed E-state index contributed by atoms with van der Waals surface area (Å²) in [5.74, 6) is 0. The summed E-state index contributed by atoms with van der Waals surface area (Å²) in [6.07, 6.45) is 14.1. The number of hydrogen-bond donors (Lipinski definition) is 1. The van der Waals surface area contributed by atoms with Gasteiger partial charge in [-0.15, -0.1) is 0 Å². The first kappa shape index (κ1) is 15.8. The molecule has 3 fully saturated rings. The van der Waals surface area contributed by atoms with Crippen molar-refractivity contribution in [2.45, 2.75) is 88.8 Å². The van der Waals surface area contributed by atoms with Crippen molar-refractivity contribution in [2.24, 2.45) is 0 Å². The van der Waals surface area contributed by atoms with E-state index in [4.69, 9.17) is 4.74 Å². The molecule has 0 bridgehead atoms. The Labute approximate surface area is 130 Å². The molecule has 3 heteroatoms. The Morgan fingerprint density at radius 3 is 2.71 bits per heavy atom. The van der Waals surface area contributed by atoms with Crippen LogP contribution in [0.4, 0.5) is 0 Å². The maximum Gasteiger partial charge on any atom is 0.0702 e. The van der Waals surface area contributed by atoms with Crippen LogP contribution in [0.3, 0.4) is 0 Å². The van der Waals surface area contributed by atoms with Gasteiger partial charge in [-0.1, -0.05) is 32.6 Å². The molecule has 1 saturated carbocycles. The molecule has 0 aromatic rings. The molecular formula is C18H34N2O. The Morgan fingerprint density at radius 2 is 2.00 bits per heavy atom. The van der Waals surface area contributed by atoms with Gasteiger partial charge in [0.25, 0.3) is 0 Å². The summed E-state index contributed by atoms with van der Waals surface area (Å²) in [6.45, 7) is 6.94. The molecular weight excluding hydrogens is 260 g/mol. The molecule has 1 aliphatic carbocycles. The normalized spacial score (nSPS) is 34.1. The number of nitrogens with zero attached hydrogens (tertiary/aromatic N) is 1. The Bertz CT molecular complexity index is 308. The Morgan fingerprint density at radius 1 is 1.14 bits per heavy atom. The van der Waals surface area contributed by atoms with Crippen LogP contribution in [0.1, 0.15) is 71.1 Å². The van der Waals surface area contributed by atoms with Crippen LogP contribution in [0.5, 0.6) is 0 Å². The number of piperazine rings is 1. The lowest BCUT2D eigenvalue weighted by molar-refractivity contribution is -0.0350. The zero-order valence-electron chi connectivity index (χ0n) is 13.9. The summed E-state index contributed by atoms with van der Waals surface area (Å²) in [6, 6.07) is 0.730. The van der Waals surface area contributed by atoms with Crippen LogP contribution in [0.25, 0.3) is 0 Å². The average molecular weight is 294 g/mol. The van der Waals surface area contributed by atoms with E-state index in [9.17, 15) is 0 Å². The first-order valence-electron chi connectivity index (χ1n) is 9.42. The second kappa shape index (κ2) is 7.43. The van der Waals surface area contributed by atoms with Gasteiger partial charge in [0, 0.05) is 37.8 Å². The number of ether oxygens (including phenoxy) is 1. The molecule has 122 valence electrons. The first-order valence-corrected chi connectivity index (χ1v) is 9.42. The van der Waals surface area contributed by atoms with Gasteiger partial charge in [-0.2, -0.15) is 0 Å². The third-order valence-electron chi connectivity index (χ3n) is 5.88. The summed E-state index contributed by atoms with van der Waals surface area (Å²) >= 11 is 0. The lowest BCUT2D eigenvalue weighted by Crippen LogP contribution is -2.65. The smallest absolute Gasteiger partial charge is 0.0702 e. The van der Waals surface area contributed by atoms with E-state index < -0.39 is 0 Å². The van der Waals surface area contributed by atoms with Crippen molar-refractivity contribution in [3.8, 4) is 0 Å². The lowest BCUT2D eigenvalue weighted by Gasteiger charge is -2.50. The van der Waals surface area contributed by atoms with Gasteiger partial charge in [-0.3, -0.25) is 4.90 Å². The van der Waals surface area contributed by atoms with Gasteiger partial charge in [0.15, 0.2) is 0 Å². The van der Waals surface area contributed by atoms with Gasteiger partial charge >= 0.3 is 0 Å². The highest BCUT2D eigenvalue weighted by atomic mass is 16.5. The predicted molar refractivity (Wildman–Crippen MR) is 87.7 cm³/mol. The van der Waals surface area contributed by atoms with Crippen LogP contribution in [-0.4, -0.2) is 48.8 Å². The molecule has 0 amide bonds. The first-order chi connectivity index (χ1) is 10.3. The highest BCUT2D eigenvalue weighted by molar-refractivity contribution is 5.00. The van der Waals surface area contributed by atoms with E-state index in [1.165, 1.54) is 83.8 Å². The Kier molecular flexibility index (Phi) is 5.58. The third-order valence-corrected chi connectivity index (χ3v) is 5.88. The van der Waals surface area contributed by atoms with Crippen LogP contribution < -0.4 is 5.32 Å². The highest BCUT2D eigenvalue weighted by Gasteiger charge is 2.40. The van der Waals surface area contributed by atoms with E-state index in [0.29, 0.717) is 11.6 Å². The lowest BCUT2D eigenvalue weighted by atomic mass is 9.79. The van der Waals surface area contributed by atoms with Crippen LogP contribution in [0.2, 0.25) is 0 Å². The maximum absolute atomic E-state index is 6.02. The quantitative estimate of drug-likeness (QED) is 0.861. The molecule has 2 atom stereocenters. The molecule has 2 aliphatic heterocycles. The zero-order valence-corrected chi connectivity index (χ0v) is 13.9. The van der Waals surface area contributed by atoms with Crippen molar-refractivity contribution >= 4 is 0 Å². The molecule has 0 aromatic heterocycles. The predicted octanol–water partition coefficient (Wildman–Crippen LogP) is 3.33. The molecule has 2 heterocycles. The van der Waals surface area contributed by atoms with Crippen LogP contribution in [-0.2, 0) is 4.74 Å². The van der Waals surface area contributed by atoms with Gasteiger partial charge in [0.1, 0.15) is 0 Å². The second-order valence-electron chi connectivity index (χ2n) is 7.58. The standard InChI is InChI=1S/C18H34N2O/c1-2-8-16-13-19-18(10-5-3-6-11-18)15-20(16)14-17-9-4-7-12-21-17/h16-17,19H,2-15H2,1H3. The molecule has 2 unspecified atom stereocenters. The van der Waals surface area contributed by atoms with Crippen LogP contribution in [0.15, 0.2) is 0 Å². The van der Waals surface area contributed by atoms with Crippen molar-refractivity contribution in [2.75, 3.05) is 26.2 Å². The van der Waals surface area contributed by atoms with Gasteiger partial charge in [-0.25, -0.2) is 0 Å². The molecule has 3 nitrogen and oxygen atoms in total. The maximum atomic E-state index is 6.02. The van der Waals surface area contributed by atoms with E-state index in [2.05, 4.69) is 17.1 Å². The number of rotatable bonds is 4. The third kappa shape index (κ3) is 4.00. The summed E-state index contributed by atoms with van der Waals surface area (Å²) in [7, 11) is 0. The van der Waals surface area contributed by atoms with Crippen molar-refractivity contribution < 1.29 is 4.74 Å². The van der Waals surface area contributed by atoms with Crippen molar-refractivity contribution in [1.29, 1.82) is 0 Å². The molecule has 0 aromatic carbocycles. The molecule has 21 heavy (non-hydrogen) atoms. The van der Waals surface area contributed by atoms with Crippen molar-refractivity contribution in [1.82, 2.24) is 10.2 Å². The van der Waals surface area contributed by atoms with E-state index in [1.807, 2.05) is 0 Å². The number of nitrogens with one attached hydrogen (secondary N) is 1. The fraction of sp³-hybridized carbons (Fsp3) is 1.00. The summed E-state index contributed by atoms with van der Waals surface area (Å²) in [4.78, 5) is 2.79. The number of hydrogen-bond acceptors (Lipinski definition) is 3. The van der Waals surface area contributed by atoms with E-state index in [1.54, 1.807) is 0 Å². The van der Waals surface area contributed by atoms with E-state index in [-0.39, 0.29) is 0 Å². The highest BCUT2D eigenvalue weighted by Crippen LogP contribution is 2.33. The molecule has 3 rings (SSSR count). The largest absolute Gasteiger partial charge is 0.377 e. The van der Waals surface area contributed by atoms with Crippen molar-refractivity contribution in [3.63, 3.8) is 0 Å². The summed E-state index contributed by atoms with van der Waals surface area (Å²) < 4.78 is 6.02. The van der Waals surface area contributed by atoms with Gasteiger partial charge in [0.05, 0.1) is 6.10 Å².